The lowest BCUT2D eigenvalue weighted by Crippen LogP contribution is -2.64. The number of benzene rings is 2. The van der Waals surface area contributed by atoms with Crippen molar-refractivity contribution in [1.82, 2.24) is 4.90 Å². The third kappa shape index (κ3) is 3.52. The molecule has 41 heavy (non-hydrogen) atoms. The molecule has 5 aliphatic rings. The Balaban J connectivity index is 1.32. The standard InChI is InChI=1S/C31H34N2O8/c1-17(41-27(34)18-12-23(37-3)25-24(13-18)39-16-40-25)30-8-5-10-33-11-9-31(29(30)33)21-7-6-19(36-2)14-22(21)32-26(31)20(15-30)28(35)38-4/h6-7,12-14,17,29,32H,5,8-11,15-16H2,1-4H3/t17-,29-,30-,31-/m0/s1. The lowest BCUT2D eigenvalue weighted by atomic mass is 9.53. The van der Waals surface area contributed by atoms with Gasteiger partial charge < -0.3 is 33.7 Å². The molecule has 10 nitrogen and oxygen atoms in total. The summed E-state index contributed by atoms with van der Waals surface area (Å²) in [6.45, 7) is 3.88. The lowest BCUT2D eigenvalue weighted by molar-refractivity contribution is -0.138. The van der Waals surface area contributed by atoms with Crippen LogP contribution in [0.4, 0.5) is 5.69 Å². The number of carbonyl (C=O) groups excluding carboxylic acids is 2. The van der Waals surface area contributed by atoms with Gasteiger partial charge in [-0.15, -0.1) is 0 Å². The van der Waals surface area contributed by atoms with Gasteiger partial charge in [-0.1, -0.05) is 6.07 Å². The number of fused-ring (bicyclic) bond motifs is 2. The second-order valence-electron chi connectivity index (χ2n) is 11.5. The Hall–Kier alpha value is -3.92. The first-order valence-corrected chi connectivity index (χ1v) is 14.1. The fourth-order valence-electron chi connectivity index (χ4n) is 8.22. The van der Waals surface area contributed by atoms with Crippen LogP contribution in [-0.4, -0.2) is 70.2 Å². The van der Waals surface area contributed by atoms with Crippen molar-refractivity contribution in [2.45, 2.75) is 50.2 Å². The van der Waals surface area contributed by atoms with Crippen molar-refractivity contribution < 1.29 is 38.0 Å². The molecule has 1 spiro atoms. The van der Waals surface area contributed by atoms with Crippen LogP contribution in [0.2, 0.25) is 0 Å². The third-order valence-corrected chi connectivity index (χ3v) is 9.90. The molecule has 216 valence electrons. The topological polar surface area (TPSA) is 105 Å². The van der Waals surface area contributed by atoms with E-state index in [4.69, 9.17) is 28.4 Å². The summed E-state index contributed by atoms with van der Waals surface area (Å²) in [5, 5.41) is 3.61. The summed E-state index contributed by atoms with van der Waals surface area (Å²) in [6.07, 6.45) is 2.54. The molecule has 2 aromatic rings. The maximum atomic E-state index is 13.7. The van der Waals surface area contributed by atoms with E-state index in [-0.39, 0.29) is 18.8 Å². The third-order valence-electron chi connectivity index (χ3n) is 9.90. The average molecular weight is 563 g/mol. The Morgan fingerprint density at radius 2 is 1.90 bits per heavy atom. The molecule has 0 saturated carbocycles. The fraction of sp³-hybridized carbons (Fsp3) is 0.484. The van der Waals surface area contributed by atoms with Crippen LogP contribution in [0.15, 0.2) is 41.6 Å². The Labute approximate surface area is 238 Å². The van der Waals surface area contributed by atoms with E-state index >= 15 is 0 Å². The molecule has 10 heteroatoms. The normalized spacial score (nSPS) is 27.8. The summed E-state index contributed by atoms with van der Waals surface area (Å²) in [5.41, 5.74) is 2.98. The van der Waals surface area contributed by atoms with Crippen molar-refractivity contribution in [2.75, 3.05) is 46.5 Å². The van der Waals surface area contributed by atoms with Crippen molar-refractivity contribution in [3.8, 4) is 23.0 Å². The second kappa shape index (κ2) is 9.30. The van der Waals surface area contributed by atoms with E-state index in [1.807, 2.05) is 19.1 Å². The molecule has 0 unspecified atom stereocenters. The van der Waals surface area contributed by atoms with Crippen molar-refractivity contribution >= 4 is 17.6 Å². The van der Waals surface area contributed by atoms with Gasteiger partial charge in [0.05, 0.1) is 37.9 Å². The zero-order chi connectivity index (χ0) is 28.5. The van der Waals surface area contributed by atoms with Crippen LogP contribution in [0, 0.1) is 5.41 Å². The molecule has 4 atom stereocenters. The van der Waals surface area contributed by atoms with E-state index in [9.17, 15) is 9.59 Å². The molecule has 1 aliphatic carbocycles. The Morgan fingerprint density at radius 3 is 2.68 bits per heavy atom. The molecular weight excluding hydrogens is 528 g/mol. The smallest absolute Gasteiger partial charge is 0.338 e. The summed E-state index contributed by atoms with van der Waals surface area (Å²) in [5.74, 6) is 1.26. The van der Waals surface area contributed by atoms with Crippen molar-refractivity contribution in [2.24, 2.45) is 5.41 Å². The first-order chi connectivity index (χ1) is 19.9. The van der Waals surface area contributed by atoms with Crippen molar-refractivity contribution in [1.29, 1.82) is 0 Å². The zero-order valence-electron chi connectivity index (χ0n) is 23.7. The number of anilines is 1. The molecule has 0 amide bonds. The number of ether oxygens (including phenoxy) is 6. The first kappa shape index (κ1) is 26.0. The van der Waals surface area contributed by atoms with Crippen LogP contribution >= 0.6 is 0 Å². The van der Waals surface area contributed by atoms with E-state index in [2.05, 4.69) is 16.3 Å². The minimum absolute atomic E-state index is 0.0309. The summed E-state index contributed by atoms with van der Waals surface area (Å²) in [4.78, 5) is 29.6. The number of nitrogens with one attached hydrogen (secondary N) is 1. The maximum Gasteiger partial charge on any atom is 0.338 e. The summed E-state index contributed by atoms with van der Waals surface area (Å²) < 4.78 is 33.7. The fourth-order valence-corrected chi connectivity index (χ4v) is 8.22. The van der Waals surface area contributed by atoms with Gasteiger partial charge in [-0.2, -0.15) is 0 Å². The van der Waals surface area contributed by atoms with E-state index in [1.54, 1.807) is 19.2 Å². The summed E-state index contributed by atoms with van der Waals surface area (Å²) in [6, 6.07) is 9.37. The molecule has 7 rings (SSSR count). The SMILES string of the molecule is COC(=O)C1=C2Nc3cc(OC)ccc3[C@@]23CCN2CCC[C@@]([C@H](C)OC(=O)c4cc(OC)c5c(c4)OCO5)(C1)[C@H]23. The number of esters is 2. The Bertz CT molecular complexity index is 1490. The number of piperidine rings is 1. The molecule has 4 heterocycles. The van der Waals surface area contributed by atoms with E-state index in [0.29, 0.717) is 34.8 Å². The first-order valence-electron chi connectivity index (χ1n) is 14.1. The molecule has 0 radical (unpaired) electrons. The highest BCUT2D eigenvalue weighted by Crippen LogP contribution is 2.66. The number of nitrogens with zero attached hydrogens (tertiary/aromatic N) is 1. The van der Waals surface area contributed by atoms with Crippen LogP contribution in [0.1, 0.15) is 48.5 Å². The van der Waals surface area contributed by atoms with E-state index < -0.39 is 22.9 Å². The molecule has 1 N–H and O–H groups in total. The van der Waals surface area contributed by atoms with Gasteiger partial charge >= 0.3 is 11.9 Å². The highest BCUT2D eigenvalue weighted by molar-refractivity contribution is 5.94. The molecule has 2 fully saturated rings. The predicted octanol–water partition coefficient (Wildman–Crippen LogP) is 4.03. The lowest BCUT2D eigenvalue weighted by Gasteiger charge is -2.57. The molecule has 0 bridgehead atoms. The average Bonchev–Trinajstić information content (AvgIpc) is 3.72. The van der Waals surface area contributed by atoms with Gasteiger partial charge in [0.15, 0.2) is 11.5 Å². The maximum absolute atomic E-state index is 13.7. The highest BCUT2D eigenvalue weighted by atomic mass is 16.7. The van der Waals surface area contributed by atoms with Gasteiger partial charge in [0.2, 0.25) is 12.5 Å². The quantitative estimate of drug-likeness (QED) is 0.519. The molecular formula is C31H34N2O8. The number of methoxy groups -OCH3 is 3. The summed E-state index contributed by atoms with van der Waals surface area (Å²) in [7, 11) is 4.59. The van der Waals surface area contributed by atoms with E-state index in [0.717, 1.165) is 55.0 Å². The van der Waals surface area contributed by atoms with Crippen LogP contribution in [0.25, 0.3) is 0 Å². The Kier molecular flexibility index (Phi) is 5.90. The van der Waals surface area contributed by atoms with Crippen molar-refractivity contribution in [3.63, 3.8) is 0 Å². The van der Waals surface area contributed by atoms with Gasteiger partial charge in [-0.3, -0.25) is 4.90 Å². The van der Waals surface area contributed by atoms with Gasteiger partial charge in [0.1, 0.15) is 11.9 Å². The molecule has 4 aliphatic heterocycles. The van der Waals surface area contributed by atoms with Crippen LogP contribution in [-0.2, 0) is 19.7 Å². The monoisotopic (exact) mass is 562 g/mol. The number of rotatable bonds is 6. The highest BCUT2D eigenvalue weighted by Gasteiger charge is 2.68. The van der Waals surface area contributed by atoms with Crippen LogP contribution in [0.5, 0.6) is 23.0 Å². The molecule has 2 saturated heterocycles. The minimum atomic E-state index is -0.513. The number of hydrogen-bond acceptors (Lipinski definition) is 10. The van der Waals surface area contributed by atoms with Gasteiger partial charge in [-0.25, -0.2) is 9.59 Å². The number of hydrogen-bond donors (Lipinski definition) is 1. The molecule has 0 aromatic heterocycles. The van der Waals surface area contributed by atoms with Crippen molar-refractivity contribution in [3.05, 3.63) is 52.7 Å². The Morgan fingerprint density at radius 1 is 1.05 bits per heavy atom. The largest absolute Gasteiger partial charge is 0.497 e. The van der Waals surface area contributed by atoms with Gasteiger partial charge in [0.25, 0.3) is 0 Å². The predicted molar refractivity (Wildman–Crippen MR) is 148 cm³/mol. The summed E-state index contributed by atoms with van der Waals surface area (Å²) >= 11 is 0. The van der Waals surface area contributed by atoms with E-state index in [1.165, 1.54) is 14.2 Å². The zero-order valence-corrected chi connectivity index (χ0v) is 23.7. The number of carbonyl (C=O) groups is 2. The van der Waals surface area contributed by atoms with Gasteiger partial charge in [0, 0.05) is 28.9 Å². The van der Waals surface area contributed by atoms with Crippen LogP contribution in [0.3, 0.4) is 0 Å². The van der Waals surface area contributed by atoms with Gasteiger partial charge in [-0.05, 0) is 69.5 Å². The minimum Gasteiger partial charge on any atom is -0.497 e. The molecule has 2 aromatic carbocycles. The van der Waals surface area contributed by atoms with Crippen LogP contribution < -0.4 is 24.3 Å². The second-order valence-corrected chi connectivity index (χ2v) is 11.5.